The molecule has 0 unspecified atom stereocenters. The Labute approximate surface area is 117 Å². The zero-order chi connectivity index (χ0) is 11.3. The summed E-state index contributed by atoms with van der Waals surface area (Å²) >= 11 is 0. The number of benzene rings is 1. The normalized spacial score (nSPS) is 10.2. The maximum Gasteiger partial charge on any atom is 1.00 e. The number of anilines is 1. The van der Waals surface area contributed by atoms with Crippen molar-refractivity contribution >= 4 is 11.5 Å². The van der Waals surface area contributed by atoms with E-state index >= 15 is 0 Å². The molecular weight excluding hydrogens is 217 g/mol. The van der Waals surface area contributed by atoms with E-state index in [4.69, 9.17) is 4.74 Å². The SMILES string of the molecule is COc1ccccc1N/C([O-])=C/C(C)=O.[Na+]. The van der Waals surface area contributed by atoms with Crippen LogP contribution in [0.1, 0.15) is 6.92 Å². The first-order valence-electron chi connectivity index (χ1n) is 4.43. The first kappa shape index (κ1) is 15.0. The summed E-state index contributed by atoms with van der Waals surface area (Å²) in [7, 11) is 1.51. The van der Waals surface area contributed by atoms with Crippen LogP contribution in [-0.2, 0) is 4.79 Å². The van der Waals surface area contributed by atoms with Gasteiger partial charge in [0.15, 0.2) is 5.78 Å². The summed E-state index contributed by atoms with van der Waals surface area (Å²) in [6.07, 6.45) is 0.992. The number of rotatable bonds is 4. The van der Waals surface area contributed by atoms with Crippen molar-refractivity contribution in [3.05, 3.63) is 36.2 Å². The molecule has 0 bridgehead atoms. The van der Waals surface area contributed by atoms with Crippen molar-refractivity contribution in [1.29, 1.82) is 0 Å². The average Bonchev–Trinajstić information content (AvgIpc) is 2.17. The summed E-state index contributed by atoms with van der Waals surface area (Å²) in [5, 5.41) is 13.8. The number of ketones is 1. The Morgan fingerprint density at radius 2 is 2.06 bits per heavy atom. The number of carbonyl (C=O) groups is 1. The van der Waals surface area contributed by atoms with Crippen LogP contribution in [0.25, 0.3) is 0 Å². The molecule has 0 aliphatic rings. The molecule has 4 nitrogen and oxygen atoms in total. The van der Waals surface area contributed by atoms with E-state index < -0.39 is 5.88 Å². The quantitative estimate of drug-likeness (QED) is 0.365. The van der Waals surface area contributed by atoms with Crippen LogP contribution in [0.2, 0.25) is 0 Å². The predicted molar refractivity (Wildman–Crippen MR) is 55.4 cm³/mol. The molecule has 5 heteroatoms. The Hall–Kier alpha value is -0.970. The third kappa shape index (κ3) is 4.70. The van der Waals surface area contributed by atoms with Gasteiger partial charge in [0.05, 0.1) is 12.8 Å². The van der Waals surface area contributed by atoms with Gasteiger partial charge in [0.1, 0.15) is 5.75 Å². The average molecular weight is 229 g/mol. The fraction of sp³-hybridized carbons (Fsp3) is 0.182. The number of hydrogen-bond acceptors (Lipinski definition) is 4. The smallest absolute Gasteiger partial charge is 0.860 e. The third-order valence-electron chi connectivity index (χ3n) is 1.70. The van der Waals surface area contributed by atoms with E-state index in [0.717, 1.165) is 6.08 Å². The van der Waals surface area contributed by atoms with Crippen LogP contribution in [-0.4, -0.2) is 12.9 Å². The van der Waals surface area contributed by atoms with Crippen LogP contribution >= 0.6 is 0 Å². The zero-order valence-corrected chi connectivity index (χ0v) is 11.6. The molecule has 0 radical (unpaired) electrons. The molecule has 0 saturated carbocycles. The van der Waals surface area contributed by atoms with Gasteiger partial charge in [0.25, 0.3) is 0 Å². The van der Waals surface area contributed by atoms with E-state index in [1.165, 1.54) is 14.0 Å². The van der Waals surface area contributed by atoms with E-state index in [0.29, 0.717) is 11.4 Å². The zero-order valence-electron chi connectivity index (χ0n) is 9.61. The van der Waals surface area contributed by atoms with Gasteiger partial charge in [-0.1, -0.05) is 12.1 Å². The van der Waals surface area contributed by atoms with E-state index in [2.05, 4.69) is 5.32 Å². The minimum absolute atomic E-state index is 0. The monoisotopic (exact) mass is 229 g/mol. The predicted octanol–water partition coefficient (Wildman–Crippen LogP) is -2.10. The molecule has 1 rings (SSSR count). The molecule has 0 atom stereocenters. The van der Waals surface area contributed by atoms with Crippen LogP contribution in [0.15, 0.2) is 36.2 Å². The number of ether oxygens (including phenoxy) is 1. The van der Waals surface area contributed by atoms with Crippen LogP contribution in [0.5, 0.6) is 5.75 Å². The third-order valence-corrected chi connectivity index (χ3v) is 1.70. The maximum atomic E-state index is 11.2. The topological polar surface area (TPSA) is 61.4 Å². The number of hydrogen-bond donors (Lipinski definition) is 1. The largest absolute Gasteiger partial charge is 1.00 e. The second-order valence-electron chi connectivity index (χ2n) is 2.94. The first-order chi connectivity index (χ1) is 7.13. The first-order valence-corrected chi connectivity index (χ1v) is 4.43. The van der Waals surface area contributed by atoms with Crippen LogP contribution in [0.4, 0.5) is 5.69 Å². The number of para-hydroxylation sites is 2. The molecule has 0 fully saturated rings. The number of methoxy groups -OCH3 is 1. The van der Waals surface area contributed by atoms with Crippen LogP contribution in [0.3, 0.4) is 0 Å². The Morgan fingerprint density at radius 3 is 2.62 bits per heavy atom. The molecule has 16 heavy (non-hydrogen) atoms. The minimum atomic E-state index is -0.452. The van der Waals surface area contributed by atoms with Gasteiger partial charge in [0.2, 0.25) is 0 Å². The number of carbonyl (C=O) groups excluding carboxylic acids is 1. The molecule has 0 spiro atoms. The van der Waals surface area contributed by atoms with Crippen molar-refractivity contribution in [2.24, 2.45) is 0 Å². The van der Waals surface area contributed by atoms with Crippen molar-refractivity contribution in [2.75, 3.05) is 12.4 Å². The Kier molecular flexibility index (Phi) is 6.88. The fourth-order valence-electron chi connectivity index (χ4n) is 1.10. The molecule has 1 aromatic rings. The second kappa shape index (κ2) is 7.33. The van der Waals surface area contributed by atoms with E-state index in [1.54, 1.807) is 24.3 Å². The molecule has 0 heterocycles. The van der Waals surface area contributed by atoms with Crippen molar-refractivity contribution < 1.29 is 44.2 Å². The molecular formula is C11H12NNaO3. The fourth-order valence-corrected chi connectivity index (χ4v) is 1.10. The van der Waals surface area contributed by atoms with Gasteiger partial charge in [-0.25, -0.2) is 0 Å². The van der Waals surface area contributed by atoms with E-state index in [-0.39, 0.29) is 35.3 Å². The van der Waals surface area contributed by atoms with Gasteiger partial charge in [-0.2, -0.15) is 0 Å². The van der Waals surface area contributed by atoms with Crippen LogP contribution < -0.4 is 44.7 Å². The van der Waals surface area contributed by atoms with Gasteiger partial charge >= 0.3 is 29.6 Å². The summed E-state index contributed by atoms with van der Waals surface area (Å²) in [6, 6.07) is 6.99. The summed E-state index contributed by atoms with van der Waals surface area (Å²) < 4.78 is 5.04. The summed E-state index contributed by atoms with van der Waals surface area (Å²) in [4.78, 5) is 10.7. The summed E-state index contributed by atoms with van der Waals surface area (Å²) in [6.45, 7) is 1.32. The number of nitrogens with one attached hydrogen (secondary N) is 1. The summed E-state index contributed by atoms with van der Waals surface area (Å²) in [5.74, 6) is -0.183. The molecule has 1 N–H and O–H groups in total. The van der Waals surface area contributed by atoms with E-state index in [9.17, 15) is 9.90 Å². The Balaban J connectivity index is 0.00000225. The Bertz CT molecular complexity index is 391. The van der Waals surface area contributed by atoms with Gasteiger partial charge in [-0.3, -0.25) is 4.79 Å². The van der Waals surface area contributed by atoms with Crippen molar-refractivity contribution in [2.45, 2.75) is 6.92 Å². The second-order valence-corrected chi connectivity index (χ2v) is 2.94. The molecule has 0 aliphatic heterocycles. The molecule has 0 aromatic heterocycles. The minimum Gasteiger partial charge on any atom is -0.860 e. The van der Waals surface area contributed by atoms with Crippen molar-refractivity contribution in [3.8, 4) is 5.75 Å². The van der Waals surface area contributed by atoms with Crippen molar-refractivity contribution in [3.63, 3.8) is 0 Å². The van der Waals surface area contributed by atoms with Gasteiger partial charge < -0.3 is 15.2 Å². The standard InChI is InChI=1S/C11H13NO3.Na/c1-8(13)7-11(14)12-9-5-3-4-6-10(9)15-2;/h3-7,12,14H,1-2H3;/q;+1/p-1/b11-7-;. The molecule has 80 valence electrons. The van der Waals surface area contributed by atoms with Gasteiger partial charge in [-0.15, -0.1) is 0 Å². The molecule has 0 amide bonds. The van der Waals surface area contributed by atoms with Crippen molar-refractivity contribution in [1.82, 2.24) is 0 Å². The van der Waals surface area contributed by atoms with Gasteiger partial charge in [0, 0.05) is 0 Å². The molecule has 0 saturated heterocycles. The van der Waals surface area contributed by atoms with Crippen LogP contribution in [0, 0.1) is 0 Å². The number of allylic oxidation sites excluding steroid dienone is 1. The van der Waals surface area contributed by atoms with Gasteiger partial charge in [-0.05, 0) is 31.0 Å². The molecule has 0 aliphatic carbocycles. The Morgan fingerprint density at radius 1 is 1.44 bits per heavy atom. The maximum absolute atomic E-state index is 11.2. The summed E-state index contributed by atoms with van der Waals surface area (Å²) in [5.41, 5.74) is 0.544. The van der Waals surface area contributed by atoms with E-state index in [1.807, 2.05) is 0 Å². The molecule has 1 aromatic carbocycles.